The van der Waals surface area contributed by atoms with Crippen LogP contribution in [0.3, 0.4) is 0 Å². The first-order chi connectivity index (χ1) is 6.11. The third kappa shape index (κ3) is 2.98. The van der Waals surface area contributed by atoms with E-state index in [1.165, 1.54) is 6.07 Å². The van der Waals surface area contributed by atoms with Crippen LogP contribution in [0.15, 0.2) is 18.2 Å². The molecular formula is C10H12ClFO. The van der Waals surface area contributed by atoms with E-state index in [9.17, 15) is 4.39 Å². The van der Waals surface area contributed by atoms with Crippen LogP contribution >= 0.6 is 11.6 Å². The molecule has 0 aliphatic heterocycles. The summed E-state index contributed by atoms with van der Waals surface area (Å²) in [6.45, 7) is 4.02. The molecule has 72 valence electrons. The van der Waals surface area contributed by atoms with Gasteiger partial charge in [-0.15, -0.1) is 0 Å². The van der Waals surface area contributed by atoms with Gasteiger partial charge in [-0.1, -0.05) is 17.7 Å². The Balaban J connectivity index is 2.75. The number of hydrogen-bond acceptors (Lipinski definition) is 1. The summed E-state index contributed by atoms with van der Waals surface area (Å²) < 4.78 is 18.4. The predicted molar refractivity (Wildman–Crippen MR) is 51.3 cm³/mol. The lowest BCUT2D eigenvalue weighted by Gasteiger charge is -2.09. The molecule has 1 aromatic carbocycles. The van der Waals surface area contributed by atoms with Gasteiger partial charge in [0.1, 0.15) is 5.82 Å². The van der Waals surface area contributed by atoms with Crippen LogP contribution in [0.4, 0.5) is 4.39 Å². The van der Waals surface area contributed by atoms with Crippen molar-refractivity contribution in [2.45, 2.75) is 26.6 Å². The molecule has 0 saturated carbocycles. The molecule has 0 heterocycles. The second-order valence-corrected chi connectivity index (χ2v) is 3.47. The standard InChI is InChI=1S/C10H12ClFO/c1-7(2)13-6-8-9(11)4-3-5-10(8)12/h3-5,7H,6H2,1-2H3. The maximum Gasteiger partial charge on any atom is 0.130 e. The molecule has 0 radical (unpaired) electrons. The largest absolute Gasteiger partial charge is 0.374 e. The number of benzene rings is 1. The van der Waals surface area contributed by atoms with Gasteiger partial charge in [-0.05, 0) is 26.0 Å². The molecule has 0 bridgehead atoms. The van der Waals surface area contributed by atoms with Crippen LogP contribution in [-0.4, -0.2) is 6.10 Å². The van der Waals surface area contributed by atoms with Gasteiger partial charge in [-0.25, -0.2) is 4.39 Å². The summed E-state index contributed by atoms with van der Waals surface area (Å²) in [5.41, 5.74) is 0.429. The highest BCUT2D eigenvalue weighted by Crippen LogP contribution is 2.19. The minimum atomic E-state index is -0.312. The first kappa shape index (κ1) is 10.5. The van der Waals surface area contributed by atoms with Gasteiger partial charge in [-0.2, -0.15) is 0 Å². The van der Waals surface area contributed by atoms with E-state index in [4.69, 9.17) is 16.3 Å². The Morgan fingerprint density at radius 1 is 1.46 bits per heavy atom. The Kier molecular flexibility index (Phi) is 3.70. The number of ether oxygens (including phenoxy) is 1. The Morgan fingerprint density at radius 3 is 2.69 bits per heavy atom. The fourth-order valence-corrected chi connectivity index (χ4v) is 1.14. The molecule has 3 heteroatoms. The van der Waals surface area contributed by atoms with Crippen molar-refractivity contribution in [2.75, 3.05) is 0 Å². The minimum absolute atomic E-state index is 0.0793. The van der Waals surface area contributed by atoms with Crippen LogP contribution in [0.5, 0.6) is 0 Å². The molecule has 0 amide bonds. The van der Waals surface area contributed by atoms with Gasteiger partial charge < -0.3 is 4.74 Å². The third-order valence-electron chi connectivity index (χ3n) is 1.62. The van der Waals surface area contributed by atoms with Gasteiger partial charge in [0.2, 0.25) is 0 Å². The first-order valence-electron chi connectivity index (χ1n) is 4.15. The average Bonchev–Trinajstić information content (AvgIpc) is 2.03. The molecule has 1 aromatic rings. The normalized spacial score (nSPS) is 10.8. The Hall–Kier alpha value is -0.600. The second-order valence-electron chi connectivity index (χ2n) is 3.06. The van der Waals surface area contributed by atoms with Crippen LogP contribution in [-0.2, 0) is 11.3 Å². The summed E-state index contributed by atoms with van der Waals surface area (Å²) in [4.78, 5) is 0. The van der Waals surface area contributed by atoms with Crippen LogP contribution in [0, 0.1) is 5.82 Å². The van der Waals surface area contributed by atoms with E-state index in [-0.39, 0.29) is 18.5 Å². The van der Waals surface area contributed by atoms with E-state index in [1.54, 1.807) is 12.1 Å². The van der Waals surface area contributed by atoms with Crippen molar-refractivity contribution in [2.24, 2.45) is 0 Å². The van der Waals surface area contributed by atoms with Crippen LogP contribution in [0.25, 0.3) is 0 Å². The summed E-state index contributed by atoms with van der Waals surface area (Å²) in [7, 11) is 0. The van der Waals surface area contributed by atoms with E-state index in [0.29, 0.717) is 10.6 Å². The lowest BCUT2D eigenvalue weighted by Crippen LogP contribution is -2.04. The van der Waals surface area contributed by atoms with Crippen molar-refractivity contribution in [3.8, 4) is 0 Å². The Bertz CT molecular complexity index is 266. The highest BCUT2D eigenvalue weighted by molar-refractivity contribution is 6.31. The predicted octanol–water partition coefficient (Wildman–Crippen LogP) is 3.40. The fraction of sp³-hybridized carbons (Fsp3) is 0.400. The monoisotopic (exact) mass is 202 g/mol. The van der Waals surface area contributed by atoms with Crippen molar-refractivity contribution >= 4 is 11.6 Å². The molecule has 1 nitrogen and oxygen atoms in total. The average molecular weight is 203 g/mol. The number of halogens is 2. The van der Waals surface area contributed by atoms with E-state index in [2.05, 4.69) is 0 Å². The summed E-state index contributed by atoms with van der Waals surface area (Å²) in [6, 6.07) is 4.62. The zero-order chi connectivity index (χ0) is 9.84. The quantitative estimate of drug-likeness (QED) is 0.730. The van der Waals surface area contributed by atoms with Crippen LogP contribution in [0.1, 0.15) is 19.4 Å². The molecule has 0 unspecified atom stereocenters. The van der Waals surface area contributed by atoms with E-state index in [0.717, 1.165) is 0 Å². The third-order valence-corrected chi connectivity index (χ3v) is 1.98. The number of hydrogen-bond donors (Lipinski definition) is 0. The Morgan fingerprint density at radius 2 is 2.15 bits per heavy atom. The molecule has 0 saturated heterocycles. The highest BCUT2D eigenvalue weighted by atomic mass is 35.5. The van der Waals surface area contributed by atoms with Crippen molar-refractivity contribution in [3.05, 3.63) is 34.6 Å². The molecule has 0 aromatic heterocycles. The van der Waals surface area contributed by atoms with Crippen molar-refractivity contribution < 1.29 is 9.13 Å². The summed E-state index contributed by atoms with van der Waals surface area (Å²) in [5, 5.41) is 0.417. The molecule has 0 fully saturated rings. The lowest BCUT2D eigenvalue weighted by atomic mass is 10.2. The lowest BCUT2D eigenvalue weighted by molar-refractivity contribution is 0.0640. The zero-order valence-corrected chi connectivity index (χ0v) is 8.44. The van der Waals surface area contributed by atoms with Gasteiger partial charge in [0.05, 0.1) is 12.7 Å². The topological polar surface area (TPSA) is 9.23 Å². The molecule has 1 rings (SSSR count). The van der Waals surface area contributed by atoms with E-state index < -0.39 is 0 Å². The zero-order valence-electron chi connectivity index (χ0n) is 7.68. The van der Waals surface area contributed by atoms with Crippen molar-refractivity contribution in [3.63, 3.8) is 0 Å². The maximum absolute atomic E-state index is 13.1. The first-order valence-corrected chi connectivity index (χ1v) is 4.53. The van der Waals surface area contributed by atoms with Crippen LogP contribution < -0.4 is 0 Å². The van der Waals surface area contributed by atoms with Gasteiger partial charge in [0.25, 0.3) is 0 Å². The molecule has 0 spiro atoms. The smallest absolute Gasteiger partial charge is 0.130 e. The molecule has 0 aliphatic rings. The van der Waals surface area contributed by atoms with Crippen molar-refractivity contribution in [1.29, 1.82) is 0 Å². The second kappa shape index (κ2) is 4.58. The number of rotatable bonds is 3. The van der Waals surface area contributed by atoms with Gasteiger partial charge in [0, 0.05) is 10.6 Å². The summed E-state index contributed by atoms with van der Waals surface area (Å²) in [6.07, 6.45) is 0.0793. The minimum Gasteiger partial charge on any atom is -0.374 e. The van der Waals surface area contributed by atoms with Crippen molar-refractivity contribution in [1.82, 2.24) is 0 Å². The maximum atomic E-state index is 13.1. The van der Waals surface area contributed by atoms with E-state index in [1.807, 2.05) is 13.8 Å². The molecule has 0 aliphatic carbocycles. The van der Waals surface area contributed by atoms with Crippen LogP contribution in [0.2, 0.25) is 5.02 Å². The Labute approximate surface area is 82.5 Å². The van der Waals surface area contributed by atoms with Gasteiger partial charge in [0.15, 0.2) is 0 Å². The van der Waals surface area contributed by atoms with Gasteiger partial charge >= 0.3 is 0 Å². The van der Waals surface area contributed by atoms with Gasteiger partial charge in [-0.3, -0.25) is 0 Å². The molecular weight excluding hydrogens is 191 g/mol. The summed E-state index contributed by atoms with van der Waals surface area (Å²) >= 11 is 5.79. The SMILES string of the molecule is CC(C)OCc1c(F)cccc1Cl. The fourth-order valence-electron chi connectivity index (χ4n) is 0.920. The summed E-state index contributed by atoms with van der Waals surface area (Å²) in [5.74, 6) is -0.312. The highest BCUT2D eigenvalue weighted by Gasteiger charge is 2.07. The van der Waals surface area contributed by atoms with E-state index >= 15 is 0 Å². The molecule has 0 N–H and O–H groups in total. The molecule has 0 atom stereocenters. The molecule has 13 heavy (non-hydrogen) atoms.